The van der Waals surface area contributed by atoms with Crippen molar-refractivity contribution in [3.8, 4) is 5.75 Å². The van der Waals surface area contributed by atoms with Gasteiger partial charge in [0.25, 0.3) is 5.91 Å². The smallest absolute Gasteiger partial charge is 0.273 e. The number of ether oxygens (including phenoxy) is 1. The Morgan fingerprint density at radius 1 is 1.07 bits per heavy atom. The Kier molecular flexibility index (Phi) is 4.44. The number of nitrogens with one attached hydrogen (secondary N) is 1. The lowest BCUT2D eigenvalue weighted by atomic mass is 10.1. The molecule has 2 aromatic heterocycles. The van der Waals surface area contributed by atoms with E-state index in [1.807, 2.05) is 42.5 Å². The van der Waals surface area contributed by atoms with Crippen molar-refractivity contribution >= 4 is 16.8 Å². The first-order chi connectivity index (χ1) is 14.3. The number of carbonyl (C=O) groups is 1. The largest absolute Gasteiger partial charge is 0.482 e. The molecule has 1 aliphatic rings. The Balaban J connectivity index is 1.22. The molecule has 29 heavy (non-hydrogen) atoms. The monoisotopic (exact) mass is 385 g/mol. The highest BCUT2D eigenvalue weighted by atomic mass is 16.5. The van der Waals surface area contributed by atoms with Gasteiger partial charge in [-0.25, -0.2) is 4.98 Å². The number of hydrogen-bond donors (Lipinski definition) is 1. The van der Waals surface area contributed by atoms with Crippen LogP contribution in [-0.2, 0) is 19.4 Å². The summed E-state index contributed by atoms with van der Waals surface area (Å²) in [6, 6.07) is 17.9. The standard InChI is InChI=1S/C23H19N3O3/c27-23(25-18-11-16-5-1-2-6-17(16)12-18)19-13-29-21(26-19)14-28-20-9-3-7-15-8-4-10-24-22(15)20/h1-10,13,18H,11-12,14H2,(H,25,27). The van der Waals surface area contributed by atoms with Crippen LogP contribution in [0.15, 0.2) is 71.5 Å². The van der Waals surface area contributed by atoms with E-state index >= 15 is 0 Å². The minimum Gasteiger partial charge on any atom is -0.482 e. The number of aromatic nitrogens is 2. The molecule has 2 aromatic carbocycles. The third-order valence-corrected chi connectivity index (χ3v) is 5.12. The van der Waals surface area contributed by atoms with Crippen molar-refractivity contribution in [3.05, 3.63) is 89.8 Å². The fourth-order valence-electron chi connectivity index (χ4n) is 3.73. The number of para-hydroxylation sites is 1. The van der Waals surface area contributed by atoms with Gasteiger partial charge in [-0.15, -0.1) is 0 Å². The van der Waals surface area contributed by atoms with Crippen molar-refractivity contribution in [2.24, 2.45) is 0 Å². The maximum Gasteiger partial charge on any atom is 0.273 e. The predicted octanol–water partition coefficient (Wildman–Crippen LogP) is 3.70. The number of benzene rings is 2. The lowest BCUT2D eigenvalue weighted by molar-refractivity contribution is 0.0933. The van der Waals surface area contributed by atoms with E-state index in [0.717, 1.165) is 23.7 Å². The Morgan fingerprint density at radius 3 is 2.69 bits per heavy atom. The molecule has 1 amide bonds. The highest BCUT2D eigenvalue weighted by molar-refractivity contribution is 5.92. The van der Waals surface area contributed by atoms with E-state index in [1.165, 1.54) is 17.4 Å². The molecule has 144 valence electrons. The van der Waals surface area contributed by atoms with E-state index in [0.29, 0.717) is 11.6 Å². The third kappa shape index (κ3) is 3.57. The van der Waals surface area contributed by atoms with Crippen LogP contribution in [0.5, 0.6) is 5.75 Å². The molecule has 0 bridgehead atoms. The molecule has 5 rings (SSSR count). The molecule has 1 N–H and O–H groups in total. The quantitative estimate of drug-likeness (QED) is 0.567. The average molecular weight is 385 g/mol. The summed E-state index contributed by atoms with van der Waals surface area (Å²) in [4.78, 5) is 21.2. The lowest BCUT2D eigenvalue weighted by Gasteiger charge is -2.10. The van der Waals surface area contributed by atoms with Gasteiger partial charge in [-0.2, -0.15) is 0 Å². The van der Waals surface area contributed by atoms with Crippen LogP contribution in [-0.4, -0.2) is 21.9 Å². The summed E-state index contributed by atoms with van der Waals surface area (Å²) in [6.45, 7) is 0.123. The van der Waals surface area contributed by atoms with E-state index < -0.39 is 0 Å². The summed E-state index contributed by atoms with van der Waals surface area (Å²) in [7, 11) is 0. The van der Waals surface area contributed by atoms with Crippen LogP contribution in [0, 0.1) is 0 Å². The molecule has 0 atom stereocenters. The summed E-state index contributed by atoms with van der Waals surface area (Å²) in [5, 5.41) is 4.04. The molecule has 2 heterocycles. The molecule has 4 aromatic rings. The second kappa shape index (κ2) is 7.39. The molecule has 0 radical (unpaired) electrons. The van der Waals surface area contributed by atoms with Gasteiger partial charge >= 0.3 is 0 Å². The van der Waals surface area contributed by atoms with Crippen LogP contribution in [0.25, 0.3) is 10.9 Å². The maximum absolute atomic E-state index is 12.5. The minimum atomic E-state index is -0.232. The lowest BCUT2D eigenvalue weighted by Crippen LogP contribution is -2.35. The molecule has 0 aliphatic heterocycles. The number of amides is 1. The van der Waals surface area contributed by atoms with Crippen molar-refractivity contribution in [1.82, 2.24) is 15.3 Å². The SMILES string of the molecule is O=C(NC1Cc2ccccc2C1)c1coc(COc2cccc3cccnc23)n1. The van der Waals surface area contributed by atoms with E-state index in [1.54, 1.807) is 6.20 Å². The Labute approximate surface area is 167 Å². The highest BCUT2D eigenvalue weighted by Crippen LogP contribution is 2.24. The molecule has 0 unspecified atom stereocenters. The summed E-state index contributed by atoms with van der Waals surface area (Å²) in [6.07, 6.45) is 4.77. The van der Waals surface area contributed by atoms with Gasteiger partial charge in [-0.1, -0.05) is 42.5 Å². The zero-order valence-corrected chi connectivity index (χ0v) is 15.7. The first-order valence-electron chi connectivity index (χ1n) is 9.55. The van der Waals surface area contributed by atoms with Gasteiger partial charge in [0.15, 0.2) is 12.3 Å². The van der Waals surface area contributed by atoms with E-state index in [9.17, 15) is 4.79 Å². The van der Waals surface area contributed by atoms with E-state index in [4.69, 9.17) is 9.15 Å². The first kappa shape index (κ1) is 17.4. The molecule has 0 saturated heterocycles. The number of pyridine rings is 1. The van der Waals surface area contributed by atoms with Gasteiger partial charge in [0.1, 0.15) is 17.5 Å². The number of carbonyl (C=O) groups excluding carboxylic acids is 1. The van der Waals surface area contributed by atoms with Gasteiger partial charge < -0.3 is 14.5 Å². The number of fused-ring (bicyclic) bond motifs is 2. The zero-order chi connectivity index (χ0) is 19.6. The Hall–Kier alpha value is -3.67. The molecular weight excluding hydrogens is 366 g/mol. The molecule has 1 aliphatic carbocycles. The minimum absolute atomic E-state index is 0.0815. The van der Waals surface area contributed by atoms with Crippen molar-refractivity contribution in [2.45, 2.75) is 25.5 Å². The fraction of sp³-hybridized carbons (Fsp3) is 0.174. The summed E-state index contributed by atoms with van der Waals surface area (Å²) >= 11 is 0. The molecule has 0 spiro atoms. The van der Waals surface area contributed by atoms with Crippen molar-refractivity contribution in [2.75, 3.05) is 0 Å². The maximum atomic E-state index is 12.5. The van der Waals surface area contributed by atoms with Gasteiger partial charge in [0.2, 0.25) is 5.89 Å². The number of nitrogens with zero attached hydrogens (tertiary/aromatic N) is 2. The van der Waals surface area contributed by atoms with Crippen LogP contribution in [0.1, 0.15) is 27.5 Å². The van der Waals surface area contributed by atoms with Crippen LogP contribution in [0.3, 0.4) is 0 Å². The molecule has 6 heteroatoms. The second-order valence-electron chi connectivity index (χ2n) is 7.09. The average Bonchev–Trinajstić information content (AvgIpc) is 3.38. The third-order valence-electron chi connectivity index (χ3n) is 5.12. The number of oxazole rings is 1. The summed E-state index contributed by atoms with van der Waals surface area (Å²) in [5.41, 5.74) is 3.61. The van der Waals surface area contributed by atoms with Crippen LogP contribution >= 0.6 is 0 Å². The molecule has 0 fully saturated rings. The topological polar surface area (TPSA) is 77.2 Å². The van der Waals surface area contributed by atoms with Crippen LogP contribution < -0.4 is 10.1 Å². The fourth-order valence-corrected chi connectivity index (χ4v) is 3.73. The molecule has 6 nitrogen and oxygen atoms in total. The highest BCUT2D eigenvalue weighted by Gasteiger charge is 2.24. The zero-order valence-electron chi connectivity index (χ0n) is 15.7. The summed E-state index contributed by atoms with van der Waals surface area (Å²) in [5.74, 6) is 0.762. The predicted molar refractivity (Wildman–Crippen MR) is 108 cm³/mol. The van der Waals surface area contributed by atoms with Gasteiger partial charge in [0.05, 0.1) is 0 Å². The summed E-state index contributed by atoms with van der Waals surface area (Å²) < 4.78 is 11.3. The van der Waals surface area contributed by atoms with Crippen molar-refractivity contribution < 1.29 is 13.9 Å². The van der Waals surface area contributed by atoms with Crippen molar-refractivity contribution in [1.29, 1.82) is 0 Å². The van der Waals surface area contributed by atoms with E-state index in [-0.39, 0.29) is 24.2 Å². The molecular formula is C23H19N3O3. The van der Waals surface area contributed by atoms with E-state index in [2.05, 4.69) is 27.4 Å². The van der Waals surface area contributed by atoms with Gasteiger partial charge in [-0.3, -0.25) is 9.78 Å². The Bertz CT molecular complexity index is 1150. The molecule has 0 saturated carbocycles. The van der Waals surface area contributed by atoms with Crippen LogP contribution in [0.4, 0.5) is 0 Å². The number of rotatable bonds is 5. The van der Waals surface area contributed by atoms with Gasteiger partial charge in [-0.05, 0) is 36.1 Å². The Morgan fingerprint density at radius 2 is 1.86 bits per heavy atom. The normalized spacial score (nSPS) is 13.4. The van der Waals surface area contributed by atoms with Gasteiger partial charge in [0, 0.05) is 17.6 Å². The second-order valence-corrected chi connectivity index (χ2v) is 7.09. The van der Waals surface area contributed by atoms with Crippen molar-refractivity contribution in [3.63, 3.8) is 0 Å². The van der Waals surface area contributed by atoms with Crippen LogP contribution in [0.2, 0.25) is 0 Å². The number of hydrogen-bond acceptors (Lipinski definition) is 5. The first-order valence-corrected chi connectivity index (χ1v) is 9.55.